The van der Waals surface area contributed by atoms with Gasteiger partial charge < -0.3 is 20.3 Å². The molecule has 158 valence electrons. The lowest BCUT2D eigenvalue weighted by Crippen LogP contribution is -2.06. The highest BCUT2D eigenvalue weighted by atomic mass is 16.6. The summed E-state index contributed by atoms with van der Waals surface area (Å²) in [5.74, 6) is 0.0915. The highest BCUT2D eigenvalue weighted by molar-refractivity contribution is 5.77. The van der Waals surface area contributed by atoms with Crippen LogP contribution >= 0.6 is 0 Å². The molecule has 0 fully saturated rings. The number of aryl methyl sites for hydroxylation is 2. The molecular formula is C22H21N5O4. The zero-order valence-electron chi connectivity index (χ0n) is 17.3. The summed E-state index contributed by atoms with van der Waals surface area (Å²) < 4.78 is 2.80. The van der Waals surface area contributed by atoms with Crippen LogP contribution in [-0.2, 0) is 13.5 Å². The predicted octanol–water partition coefficient (Wildman–Crippen LogP) is 4.13. The van der Waals surface area contributed by atoms with Crippen molar-refractivity contribution in [2.75, 3.05) is 0 Å². The molecule has 0 aliphatic carbocycles. The van der Waals surface area contributed by atoms with E-state index in [9.17, 15) is 20.3 Å². The van der Waals surface area contributed by atoms with Crippen molar-refractivity contribution in [3.63, 3.8) is 0 Å². The first-order valence-corrected chi connectivity index (χ1v) is 9.70. The molecule has 9 heteroatoms. The SMILES string of the molecule is CCc1c(-c2ccc(O)cc2)nn(-c2c(C)nn(C)c2[N+](=O)[O-])c1-c1ccc(O)cc1. The van der Waals surface area contributed by atoms with Gasteiger partial charge in [0.15, 0.2) is 5.69 Å². The second-order valence-electron chi connectivity index (χ2n) is 7.17. The molecule has 0 atom stereocenters. The van der Waals surface area contributed by atoms with Gasteiger partial charge in [0.1, 0.15) is 24.2 Å². The van der Waals surface area contributed by atoms with Crippen LogP contribution in [0.4, 0.5) is 5.82 Å². The van der Waals surface area contributed by atoms with E-state index in [0.29, 0.717) is 23.5 Å². The largest absolute Gasteiger partial charge is 0.508 e. The summed E-state index contributed by atoms with van der Waals surface area (Å²) in [7, 11) is 1.53. The number of benzene rings is 2. The third-order valence-electron chi connectivity index (χ3n) is 5.16. The normalized spacial score (nSPS) is 11.1. The monoisotopic (exact) mass is 419 g/mol. The molecule has 4 rings (SSSR count). The van der Waals surface area contributed by atoms with Gasteiger partial charge in [0, 0.05) is 16.7 Å². The van der Waals surface area contributed by atoms with Gasteiger partial charge >= 0.3 is 5.82 Å². The lowest BCUT2D eigenvalue weighted by atomic mass is 9.99. The van der Waals surface area contributed by atoms with E-state index in [1.165, 1.54) is 11.7 Å². The zero-order valence-corrected chi connectivity index (χ0v) is 17.3. The van der Waals surface area contributed by atoms with Crippen LogP contribution in [0, 0.1) is 17.0 Å². The fourth-order valence-electron chi connectivity index (χ4n) is 3.80. The first-order chi connectivity index (χ1) is 14.8. The van der Waals surface area contributed by atoms with Crippen LogP contribution < -0.4 is 0 Å². The highest BCUT2D eigenvalue weighted by Gasteiger charge is 2.30. The Kier molecular flexibility index (Phi) is 4.94. The molecule has 31 heavy (non-hydrogen) atoms. The van der Waals surface area contributed by atoms with E-state index in [1.807, 2.05) is 6.92 Å². The number of phenolic OH excluding ortho intramolecular Hbond substituents is 2. The number of nitrogens with zero attached hydrogens (tertiary/aromatic N) is 5. The minimum Gasteiger partial charge on any atom is -0.508 e. The molecule has 2 heterocycles. The van der Waals surface area contributed by atoms with Crippen molar-refractivity contribution in [1.82, 2.24) is 19.6 Å². The second kappa shape index (κ2) is 7.60. The molecule has 0 spiro atoms. The van der Waals surface area contributed by atoms with Gasteiger partial charge in [0.05, 0.1) is 11.4 Å². The summed E-state index contributed by atoms with van der Waals surface area (Å²) in [6, 6.07) is 13.3. The molecule has 0 aliphatic rings. The maximum absolute atomic E-state index is 11.8. The maximum Gasteiger partial charge on any atom is 0.370 e. The molecule has 0 saturated carbocycles. The van der Waals surface area contributed by atoms with Crippen molar-refractivity contribution >= 4 is 5.82 Å². The first kappa shape index (κ1) is 20.1. The lowest BCUT2D eigenvalue weighted by Gasteiger charge is -2.09. The number of hydrogen-bond donors (Lipinski definition) is 2. The van der Waals surface area contributed by atoms with Gasteiger partial charge in [-0.3, -0.25) is 0 Å². The zero-order chi connectivity index (χ0) is 22.3. The molecule has 2 N–H and O–H groups in total. The quantitative estimate of drug-likeness (QED) is 0.371. The number of hydrogen-bond acceptors (Lipinski definition) is 6. The van der Waals surface area contributed by atoms with Crippen molar-refractivity contribution in [1.29, 1.82) is 0 Å². The summed E-state index contributed by atoms with van der Waals surface area (Å²) >= 11 is 0. The van der Waals surface area contributed by atoms with Gasteiger partial charge in [-0.25, -0.2) is 4.68 Å². The van der Waals surface area contributed by atoms with Crippen molar-refractivity contribution < 1.29 is 15.1 Å². The average molecular weight is 419 g/mol. The summed E-state index contributed by atoms with van der Waals surface area (Å²) in [5.41, 5.74) is 4.51. The highest BCUT2D eigenvalue weighted by Crippen LogP contribution is 2.38. The molecule has 0 unspecified atom stereocenters. The van der Waals surface area contributed by atoms with Crippen molar-refractivity contribution in [2.45, 2.75) is 20.3 Å². The molecule has 0 bridgehead atoms. The Hall–Kier alpha value is -4.14. The second-order valence-corrected chi connectivity index (χ2v) is 7.17. The summed E-state index contributed by atoms with van der Waals surface area (Å²) in [6.07, 6.45) is 0.611. The fraction of sp³-hybridized carbons (Fsp3) is 0.182. The van der Waals surface area contributed by atoms with Gasteiger partial charge in [-0.1, -0.05) is 12.0 Å². The smallest absolute Gasteiger partial charge is 0.370 e. The van der Waals surface area contributed by atoms with Crippen molar-refractivity contribution in [3.05, 3.63) is 69.9 Å². The van der Waals surface area contributed by atoms with E-state index >= 15 is 0 Å². The molecule has 2 aromatic heterocycles. The summed E-state index contributed by atoms with van der Waals surface area (Å²) in [6.45, 7) is 3.69. The van der Waals surface area contributed by atoms with E-state index in [1.54, 1.807) is 60.1 Å². The van der Waals surface area contributed by atoms with Crippen LogP contribution in [0.25, 0.3) is 28.2 Å². The Morgan fingerprint density at radius 1 is 0.968 bits per heavy atom. The number of rotatable bonds is 5. The molecule has 9 nitrogen and oxygen atoms in total. The van der Waals surface area contributed by atoms with Gasteiger partial charge in [0.2, 0.25) is 0 Å². The number of aromatic hydroxyl groups is 2. The van der Waals surface area contributed by atoms with E-state index in [0.717, 1.165) is 16.7 Å². The van der Waals surface area contributed by atoms with Crippen molar-refractivity contribution in [3.8, 4) is 39.7 Å². The maximum atomic E-state index is 11.8. The first-order valence-electron chi connectivity index (χ1n) is 9.70. The third kappa shape index (κ3) is 3.39. The molecule has 2 aromatic carbocycles. The van der Waals surface area contributed by atoms with E-state index in [2.05, 4.69) is 5.10 Å². The average Bonchev–Trinajstić information content (AvgIpc) is 3.25. The Morgan fingerprint density at radius 3 is 2.03 bits per heavy atom. The summed E-state index contributed by atoms with van der Waals surface area (Å²) in [5, 5.41) is 40.3. The Morgan fingerprint density at radius 2 is 1.52 bits per heavy atom. The van der Waals surface area contributed by atoms with E-state index in [4.69, 9.17) is 5.10 Å². The molecular weight excluding hydrogens is 398 g/mol. The van der Waals surface area contributed by atoms with Crippen LogP contribution in [-0.4, -0.2) is 34.7 Å². The lowest BCUT2D eigenvalue weighted by molar-refractivity contribution is -0.392. The van der Waals surface area contributed by atoms with Gasteiger partial charge in [0.25, 0.3) is 0 Å². The molecule has 4 aromatic rings. The summed E-state index contributed by atoms with van der Waals surface area (Å²) in [4.78, 5) is 11.4. The fourth-order valence-corrected chi connectivity index (χ4v) is 3.80. The van der Waals surface area contributed by atoms with Crippen LogP contribution in [0.3, 0.4) is 0 Å². The van der Waals surface area contributed by atoms with Gasteiger partial charge in [-0.15, -0.1) is 4.68 Å². The van der Waals surface area contributed by atoms with Crippen LogP contribution in [0.5, 0.6) is 11.5 Å². The van der Waals surface area contributed by atoms with Gasteiger partial charge in [-0.2, -0.15) is 5.10 Å². The van der Waals surface area contributed by atoms with Gasteiger partial charge in [-0.05, 0) is 66.8 Å². The molecule has 0 aliphatic heterocycles. The molecule has 0 radical (unpaired) electrons. The Labute approximate surface area is 178 Å². The minimum absolute atomic E-state index is 0.121. The number of phenols is 2. The predicted molar refractivity (Wildman–Crippen MR) is 115 cm³/mol. The van der Waals surface area contributed by atoms with Crippen LogP contribution in [0.15, 0.2) is 48.5 Å². The number of nitro groups is 1. The molecule has 0 saturated heterocycles. The van der Waals surface area contributed by atoms with Crippen LogP contribution in [0.2, 0.25) is 0 Å². The van der Waals surface area contributed by atoms with E-state index in [-0.39, 0.29) is 23.0 Å². The Bertz CT molecular complexity index is 1270. The Balaban J connectivity index is 2.09. The topological polar surface area (TPSA) is 119 Å². The van der Waals surface area contributed by atoms with E-state index < -0.39 is 4.92 Å². The third-order valence-corrected chi connectivity index (χ3v) is 5.16. The minimum atomic E-state index is -0.469. The molecule has 0 amide bonds. The standard InChI is InChI=1S/C22H21N5O4/c1-4-18-19(14-5-9-16(28)10-6-14)24-26(21(18)15-7-11-17(29)12-8-15)20-13(2)23-25(3)22(20)27(30)31/h5-12,28-29H,4H2,1-3H3. The number of aromatic nitrogens is 4. The van der Waals surface area contributed by atoms with Crippen molar-refractivity contribution in [2.24, 2.45) is 7.05 Å². The van der Waals surface area contributed by atoms with Crippen LogP contribution in [0.1, 0.15) is 18.2 Å².